The van der Waals surface area contributed by atoms with Crippen LogP contribution in [0.2, 0.25) is 0 Å². The van der Waals surface area contributed by atoms with E-state index in [1.807, 2.05) is 12.3 Å². The molecule has 0 N–H and O–H groups in total. The number of hydrogen-bond acceptors (Lipinski definition) is 5. The van der Waals surface area contributed by atoms with E-state index < -0.39 is 5.25 Å². The Morgan fingerprint density at radius 2 is 2.64 bits per heavy atom. The van der Waals surface area contributed by atoms with Crippen molar-refractivity contribution in [2.75, 3.05) is 6.26 Å². The summed E-state index contributed by atoms with van der Waals surface area (Å²) in [7, 11) is 0. The first-order chi connectivity index (χ1) is 5.27. The number of carbonyl (C=O) groups excluding carboxylic acids is 1. The molecule has 5 heteroatoms. The fraction of sp³-hybridized carbons (Fsp3) is 0.333. The summed E-state index contributed by atoms with van der Waals surface area (Å²) >= 11 is 6.86. The van der Waals surface area contributed by atoms with Crippen LogP contribution in [0.4, 0.5) is 0 Å². The van der Waals surface area contributed by atoms with E-state index in [1.54, 1.807) is 18.0 Å². The lowest BCUT2D eigenvalue weighted by Crippen LogP contribution is -1.84. The molecule has 1 unspecified atom stereocenters. The number of nitrogens with zero attached hydrogens (tertiary/aromatic N) is 1. The van der Waals surface area contributed by atoms with Crippen molar-refractivity contribution >= 4 is 42.2 Å². The van der Waals surface area contributed by atoms with Crippen LogP contribution < -0.4 is 0 Å². The van der Waals surface area contributed by atoms with Gasteiger partial charge in [-0.2, -0.15) is 17.0 Å². The van der Waals surface area contributed by atoms with E-state index >= 15 is 0 Å². The van der Waals surface area contributed by atoms with Crippen molar-refractivity contribution in [3.05, 3.63) is 10.9 Å². The fourth-order valence-electron chi connectivity index (χ4n) is 0.555. The van der Waals surface area contributed by atoms with Gasteiger partial charge in [0.15, 0.2) is 0 Å². The Kier molecular flexibility index (Phi) is 3.42. The smallest absolute Gasteiger partial charge is 0.217 e. The predicted molar refractivity (Wildman–Crippen MR) is 51.3 cm³/mol. The molecule has 0 aromatic carbocycles. The highest BCUT2D eigenvalue weighted by Gasteiger charge is 2.09. The minimum atomic E-state index is -0.437. The van der Waals surface area contributed by atoms with Gasteiger partial charge in [0.2, 0.25) is 6.29 Å². The first-order valence-corrected chi connectivity index (χ1v) is 5.35. The van der Waals surface area contributed by atoms with Crippen molar-refractivity contribution in [2.45, 2.75) is 10.3 Å². The first kappa shape index (κ1) is 9.09. The number of aromatic nitrogens is 1. The van der Waals surface area contributed by atoms with Gasteiger partial charge in [0.25, 0.3) is 0 Å². The van der Waals surface area contributed by atoms with E-state index in [0.29, 0.717) is 0 Å². The summed E-state index contributed by atoms with van der Waals surface area (Å²) in [6, 6.07) is 1.86. The van der Waals surface area contributed by atoms with Gasteiger partial charge in [0, 0.05) is 4.88 Å². The Bertz CT molecular complexity index is 248. The quantitative estimate of drug-likeness (QED) is 0.603. The third kappa shape index (κ3) is 2.21. The van der Waals surface area contributed by atoms with Crippen molar-refractivity contribution in [1.29, 1.82) is 0 Å². The third-order valence-corrected chi connectivity index (χ3v) is 3.25. The van der Waals surface area contributed by atoms with Crippen molar-refractivity contribution < 1.29 is 4.79 Å². The van der Waals surface area contributed by atoms with Gasteiger partial charge in [-0.05, 0) is 23.9 Å². The molecule has 1 aromatic rings. The van der Waals surface area contributed by atoms with Crippen molar-refractivity contribution in [3.63, 3.8) is 0 Å². The minimum absolute atomic E-state index is 0.437. The zero-order chi connectivity index (χ0) is 8.27. The molecule has 0 spiro atoms. The average molecular weight is 204 g/mol. The topological polar surface area (TPSA) is 30.0 Å². The molecule has 0 saturated heterocycles. The molecule has 0 aliphatic carbocycles. The maximum absolute atomic E-state index is 10.2. The maximum atomic E-state index is 10.2. The number of hydrogen-bond donors (Lipinski definition) is 1. The standard InChI is InChI=1S/C6H6NOS3/c1-10-6-2-5(11-7-6)4(9)3-8/h2,4,9H,1H3. The van der Waals surface area contributed by atoms with Crippen LogP contribution >= 0.6 is 35.9 Å². The van der Waals surface area contributed by atoms with Gasteiger partial charge in [-0.25, -0.2) is 0 Å². The molecule has 0 aliphatic heterocycles. The Morgan fingerprint density at radius 3 is 3.09 bits per heavy atom. The molecule has 11 heavy (non-hydrogen) atoms. The van der Waals surface area contributed by atoms with Gasteiger partial charge in [0.1, 0.15) is 10.3 Å². The van der Waals surface area contributed by atoms with Gasteiger partial charge in [0.05, 0.1) is 0 Å². The Labute approximate surface area is 79.0 Å². The molecular weight excluding hydrogens is 198 g/mol. The SMILES string of the molecule is CSc1cc(C(S)[C]=O)sn1. The second kappa shape index (κ2) is 4.13. The normalized spacial score (nSPS) is 12.9. The van der Waals surface area contributed by atoms with E-state index in [9.17, 15) is 4.79 Å². The summed E-state index contributed by atoms with van der Waals surface area (Å²) in [5, 5.41) is 0.493. The van der Waals surface area contributed by atoms with E-state index in [4.69, 9.17) is 0 Å². The third-order valence-electron chi connectivity index (χ3n) is 1.10. The molecule has 0 amide bonds. The molecule has 1 heterocycles. The fourth-order valence-corrected chi connectivity index (χ4v) is 2.06. The number of rotatable bonds is 3. The van der Waals surface area contributed by atoms with Crippen LogP contribution in [0.25, 0.3) is 0 Å². The zero-order valence-electron chi connectivity index (χ0n) is 5.77. The highest BCUT2D eigenvalue weighted by Crippen LogP contribution is 2.26. The predicted octanol–water partition coefficient (Wildman–Crippen LogP) is 1.95. The first-order valence-electron chi connectivity index (χ1n) is 2.84. The van der Waals surface area contributed by atoms with Crippen molar-refractivity contribution in [3.8, 4) is 0 Å². The highest BCUT2D eigenvalue weighted by atomic mass is 32.2. The van der Waals surface area contributed by atoms with Gasteiger partial charge >= 0.3 is 0 Å². The summed E-state index contributed by atoms with van der Waals surface area (Å²) in [4.78, 5) is 11.0. The highest BCUT2D eigenvalue weighted by molar-refractivity contribution is 7.98. The lowest BCUT2D eigenvalue weighted by molar-refractivity contribution is 0.555. The second-order valence-corrected chi connectivity index (χ2v) is 3.97. The summed E-state index contributed by atoms with van der Waals surface area (Å²) in [5.74, 6) is 0. The number of thioether (sulfide) groups is 1. The Morgan fingerprint density at radius 1 is 1.91 bits per heavy atom. The van der Waals surface area contributed by atoms with Crippen LogP contribution in [-0.4, -0.2) is 16.9 Å². The monoisotopic (exact) mass is 204 g/mol. The summed E-state index contributed by atoms with van der Waals surface area (Å²) in [6.45, 7) is 0. The largest absolute Gasteiger partial charge is 0.289 e. The van der Waals surface area contributed by atoms with Crippen LogP contribution in [0.3, 0.4) is 0 Å². The van der Waals surface area contributed by atoms with Gasteiger partial charge in [-0.15, -0.1) is 11.8 Å². The zero-order valence-corrected chi connectivity index (χ0v) is 8.30. The summed E-state index contributed by atoms with van der Waals surface area (Å²) < 4.78 is 4.08. The van der Waals surface area contributed by atoms with Crippen LogP contribution in [-0.2, 0) is 4.79 Å². The molecule has 1 atom stereocenters. The van der Waals surface area contributed by atoms with Crippen molar-refractivity contribution in [2.24, 2.45) is 0 Å². The van der Waals surface area contributed by atoms with Gasteiger partial charge in [-0.1, -0.05) is 0 Å². The Hall–Kier alpha value is -0.0000000000000000833. The van der Waals surface area contributed by atoms with Crippen LogP contribution in [0.5, 0.6) is 0 Å². The molecule has 0 bridgehead atoms. The molecular formula is C6H6NOS3. The molecule has 0 aliphatic rings. The van der Waals surface area contributed by atoms with E-state index in [2.05, 4.69) is 17.0 Å². The average Bonchev–Trinajstić information content (AvgIpc) is 2.50. The van der Waals surface area contributed by atoms with E-state index in [1.165, 1.54) is 11.5 Å². The summed E-state index contributed by atoms with van der Waals surface area (Å²) in [6.07, 6.45) is 3.74. The number of thiol groups is 1. The van der Waals surface area contributed by atoms with Gasteiger partial charge < -0.3 is 0 Å². The van der Waals surface area contributed by atoms with E-state index in [-0.39, 0.29) is 0 Å². The molecule has 1 rings (SSSR count). The molecule has 1 radical (unpaired) electrons. The maximum Gasteiger partial charge on any atom is 0.217 e. The molecule has 1 aromatic heterocycles. The van der Waals surface area contributed by atoms with Crippen LogP contribution in [0, 0.1) is 0 Å². The minimum Gasteiger partial charge on any atom is -0.289 e. The Balaban J connectivity index is 2.79. The lowest BCUT2D eigenvalue weighted by atomic mass is 10.4. The van der Waals surface area contributed by atoms with Crippen LogP contribution in [0.1, 0.15) is 10.1 Å². The van der Waals surface area contributed by atoms with Crippen molar-refractivity contribution in [1.82, 2.24) is 4.37 Å². The molecule has 2 nitrogen and oxygen atoms in total. The second-order valence-electron chi connectivity index (χ2n) is 1.79. The molecule has 59 valence electrons. The lowest BCUT2D eigenvalue weighted by Gasteiger charge is -1.91. The molecule has 0 fully saturated rings. The van der Waals surface area contributed by atoms with Crippen LogP contribution in [0.15, 0.2) is 11.1 Å². The summed E-state index contributed by atoms with van der Waals surface area (Å²) in [5.41, 5.74) is 0. The molecule has 0 saturated carbocycles. The van der Waals surface area contributed by atoms with Gasteiger partial charge in [-0.3, -0.25) is 4.79 Å². The van der Waals surface area contributed by atoms with E-state index in [0.717, 1.165) is 9.90 Å².